The number of hydrogen-bond donors (Lipinski definition) is 2. The van der Waals surface area contributed by atoms with Gasteiger partial charge in [0.05, 0.1) is 6.10 Å². The molecular weight excluding hydrogens is 182 g/mol. The Hall–Kier alpha value is -0.810. The van der Waals surface area contributed by atoms with Crippen LogP contribution in [-0.4, -0.2) is 50.3 Å². The summed E-state index contributed by atoms with van der Waals surface area (Å²) in [7, 11) is 3.34. The van der Waals surface area contributed by atoms with Crippen molar-refractivity contribution < 1.29 is 9.53 Å². The van der Waals surface area contributed by atoms with Gasteiger partial charge in [0.15, 0.2) is 0 Å². The molecule has 1 rings (SSSR count). The van der Waals surface area contributed by atoms with Crippen LogP contribution in [0.4, 0.5) is 4.79 Å². The van der Waals surface area contributed by atoms with Crippen molar-refractivity contribution in [3.05, 3.63) is 0 Å². The lowest BCUT2D eigenvalue weighted by atomic mass is 10.00. The van der Waals surface area contributed by atoms with Gasteiger partial charge in [0, 0.05) is 33.3 Å². The Morgan fingerprint density at radius 1 is 1.71 bits per heavy atom. The third kappa shape index (κ3) is 2.36. The number of nitrogens with zero attached hydrogens (tertiary/aromatic N) is 1. The van der Waals surface area contributed by atoms with Crippen molar-refractivity contribution in [1.82, 2.24) is 10.2 Å². The summed E-state index contributed by atoms with van der Waals surface area (Å²) in [6, 6.07) is 0.0589. The molecule has 0 saturated carbocycles. The largest absolute Gasteiger partial charge is 0.381 e. The Balaban J connectivity index is 2.56. The maximum atomic E-state index is 11.4. The molecule has 2 atom stereocenters. The Kier molecular flexibility index (Phi) is 4.16. The molecule has 0 aliphatic carbocycles. The smallest absolute Gasteiger partial charge is 0.317 e. The minimum absolute atomic E-state index is 0.0463. The van der Waals surface area contributed by atoms with Crippen LogP contribution in [0.1, 0.15) is 12.8 Å². The molecule has 2 unspecified atom stereocenters. The van der Waals surface area contributed by atoms with Gasteiger partial charge in [-0.05, 0) is 12.8 Å². The van der Waals surface area contributed by atoms with Gasteiger partial charge in [-0.25, -0.2) is 4.79 Å². The monoisotopic (exact) mass is 201 g/mol. The summed E-state index contributed by atoms with van der Waals surface area (Å²) < 4.78 is 5.27. The molecule has 1 saturated heterocycles. The Morgan fingerprint density at radius 3 is 2.93 bits per heavy atom. The number of hydrogen-bond acceptors (Lipinski definition) is 3. The van der Waals surface area contributed by atoms with Crippen molar-refractivity contribution in [3.63, 3.8) is 0 Å². The molecule has 0 radical (unpaired) electrons. The molecule has 0 aromatic heterocycles. The van der Waals surface area contributed by atoms with Gasteiger partial charge >= 0.3 is 6.03 Å². The minimum atomic E-state index is -0.0463. The summed E-state index contributed by atoms with van der Waals surface area (Å²) in [4.78, 5) is 13.2. The first-order chi connectivity index (χ1) is 6.72. The maximum Gasteiger partial charge on any atom is 0.317 e. The highest BCUT2D eigenvalue weighted by atomic mass is 16.5. The molecule has 1 fully saturated rings. The van der Waals surface area contributed by atoms with Crippen LogP contribution in [0, 0.1) is 0 Å². The standard InChI is InChI=1S/C9H19N3O2/c1-11-9(13)12-4-3-8(14-2)5-7(12)6-10/h7-8H,3-6,10H2,1-2H3,(H,11,13). The van der Waals surface area contributed by atoms with Gasteiger partial charge in [0.1, 0.15) is 0 Å². The Bertz CT molecular complexity index is 198. The van der Waals surface area contributed by atoms with Crippen LogP contribution < -0.4 is 11.1 Å². The van der Waals surface area contributed by atoms with Gasteiger partial charge in [-0.15, -0.1) is 0 Å². The number of methoxy groups -OCH3 is 1. The van der Waals surface area contributed by atoms with Gasteiger partial charge in [-0.2, -0.15) is 0 Å². The van der Waals surface area contributed by atoms with Gasteiger partial charge in [-0.1, -0.05) is 0 Å². The first kappa shape index (κ1) is 11.3. The molecule has 1 heterocycles. The average Bonchev–Trinajstić information content (AvgIpc) is 2.27. The van der Waals surface area contributed by atoms with Crippen LogP contribution in [0.15, 0.2) is 0 Å². The average molecular weight is 201 g/mol. The molecule has 82 valence electrons. The Morgan fingerprint density at radius 2 is 2.43 bits per heavy atom. The zero-order valence-electron chi connectivity index (χ0n) is 8.82. The quantitative estimate of drug-likeness (QED) is 0.648. The molecule has 0 spiro atoms. The minimum Gasteiger partial charge on any atom is -0.381 e. The summed E-state index contributed by atoms with van der Waals surface area (Å²) in [6.45, 7) is 1.22. The molecule has 0 bridgehead atoms. The van der Waals surface area contributed by atoms with Crippen molar-refractivity contribution in [1.29, 1.82) is 0 Å². The van der Waals surface area contributed by atoms with E-state index >= 15 is 0 Å². The maximum absolute atomic E-state index is 11.4. The van der Waals surface area contributed by atoms with E-state index < -0.39 is 0 Å². The number of urea groups is 1. The number of amides is 2. The van der Waals surface area contributed by atoms with Crippen LogP contribution in [0.5, 0.6) is 0 Å². The van der Waals surface area contributed by atoms with Gasteiger partial charge in [0.2, 0.25) is 0 Å². The summed E-state index contributed by atoms with van der Waals surface area (Å²) in [5.74, 6) is 0. The van der Waals surface area contributed by atoms with E-state index in [9.17, 15) is 4.79 Å². The van der Waals surface area contributed by atoms with Crippen LogP contribution in [0.25, 0.3) is 0 Å². The third-order valence-electron chi connectivity index (χ3n) is 2.75. The predicted molar refractivity (Wildman–Crippen MR) is 54.0 cm³/mol. The molecule has 1 aliphatic rings. The van der Waals surface area contributed by atoms with E-state index in [4.69, 9.17) is 10.5 Å². The molecule has 5 heteroatoms. The highest BCUT2D eigenvalue weighted by molar-refractivity contribution is 5.74. The van der Waals surface area contributed by atoms with Crippen molar-refractivity contribution in [2.45, 2.75) is 25.0 Å². The second-order valence-electron chi connectivity index (χ2n) is 3.52. The van der Waals surface area contributed by atoms with E-state index in [-0.39, 0.29) is 18.2 Å². The molecule has 3 N–H and O–H groups in total. The Labute approximate surface area is 84.6 Å². The van der Waals surface area contributed by atoms with Gasteiger partial charge in [0.25, 0.3) is 0 Å². The lowest BCUT2D eigenvalue weighted by Gasteiger charge is -2.38. The van der Waals surface area contributed by atoms with E-state index in [1.54, 1.807) is 19.1 Å². The first-order valence-corrected chi connectivity index (χ1v) is 4.94. The van der Waals surface area contributed by atoms with E-state index in [0.29, 0.717) is 6.54 Å². The summed E-state index contributed by atoms with van der Waals surface area (Å²) >= 11 is 0. The summed E-state index contributed by atoms with van der Waals surface area (Å²) in [5.41, 5.74) is 5.63. The normalized spacial score (nSPS) is 27.5. The molecule has 0 aromatic rings. The van der Waals surface area contributed by atoms with E-state index in [1.807, 2.05) is 0 Å². The fraction of sp³-hybridized carbons (Fsp3) is 0.889. The molecule has 1 aliphatic heterocycles. The molecule has 0 aromatic carbocycles. The number of carbonyl (C=O) groups is 1. The number of nitrogens with one attached hydrogen (secondary N) is 1. The second kappa shape index (κ2) is 5.17. The molecule has 2 amide bonds. The number of likely N-dealkylation sites (tertiary alicyclic amines) is 1. The van der Waals surface area contributed by atoms with Gasteiger partial charge < -0.3 is 20.7 Å². The first-order valence-electron chi connectivity index (χ1n) is 4.94. The summed E-state index contributed by atoms with van der Waals surface area (Å²) in [5, 5.41) is 2.62. The van der Waals surface area contributed by atoms with Crippen molar-refractivity contribution in [2.75, 3.05) is 27.2 Å². The third-order valence-corrected chi connectivity index (χ3v) is 2.75. The lowest BCUT2D eigenvalue weighted by molar-refractivity contribution is 0.0273. The summed E-state index contributed by atoms with van der Waals surface area (Å²) in [6.07, 6.45) is 1.96. The lowest BCUT2D eigenvalue weighted by Crippen LogP contribution is -2.53. The number of ether oxygens (including phenoxy) is 1. The number of nitrogens with two attached hydrogens (primary N) is 1. The predicted octanol–water partition coefficient (Wildman–Crippen LogP) is -0.236. The number of piperidine rings is 1. The highest BCUT2D eigenvalue weighted by Gasteiger charge is 2.30. The highest BCUT2D eigenvalue weighted by Crippen LogP contribution is 2.18. The number of rotatable bonds is 2. The van der Waals surface area contributed by atoms with Crippen molar-refractivity contribution >= 4 is 6.03 Å². The van der Waals surface area contributed by atoms with Crippen molar-refractivity contribution in [2.24, 2.45) is 5.73 Å². The number of carbonyl (C=O) groups excluding carboxylic acids is 1. The van der Waals surface area contributed by atoms with Crippen LogP contribution >= 0.6 is 0 Å². The molecular formula is C9H19N3O2. The zero-order valence-corrected chi connectivity index (χ0v) is 8.82. The SMILES string of the molecule is CNC(=O)N1CCC(OC)CC1CN. The van der Waals surface area contributed by atoms with Crippen LogP contribution in [-0.2, 0) is 4.74 Å². The van der Waals surface area contributed by atoms with E-state index in [1.165, 1.54) is 0 Å². The van der Waals surface area contributed by atoms with E-state index in [0.717, 1.165) is 19.4 Å². The fourth-order valence-corrected chi connectivity index (χ4v) is 1.86. The fourth-order valence-electron chi connectivity index (χ4n) is 1.86. The molecule has 14 heavy (non-hydrogen) atoms. The zero-order chi connectivity index (χ0) is 10.6. The van der Waals surface area contributed by atoms with Gasteiger partial charge in [-0.3, -0.25) is 0 Å². The van der Waals surface area contributed by atoms with Crippen LogP contribution in [0.2, 0.25) is 0 Å². The topological polar surface area (TPSA) is 67.6 Å². The van der Waals surface area contributed by atoms with E-state index in [2.05, 4.69) is 5.32 Å². The molecule has 5 nitrogen and oxygen atoms in total. The van der Waals surface area contributed by atoms with Crippen LogP contribution in [0.3, 0.4) is 0 Å². The van der Waals surface area contributed by atoms with Crippen molar-refractivity contribution in [3.8, 4) is 0 Å². The second-order valence-corrected chi connectivity index (χ2v) is 3.52.